The van der Waals surface area contributed by atoms with Crippen molar-refractivity contribution < 1.29 is 4.79 Å². The van der Waals surface area contributed by atoms with Gasteiger partial charge >= 0.3 is 0 Å². The Kier molecular flexibility index (Phi) is 4.45. The van der Waals surface area contributed by atoms with Crippen LogP contribution in [0, 0.1) is 18.3 Å². The fraction of sp³-hybridized carbons (Fsp3) is 0.0769. The molecule has 0 aliphatic rings. The molecule has 0 aliphatic carbocycles. The van der Waals surface area contributed by atoms with Crippen LogP contribution in [0.5, 0.6) is 0 Å². The van der Waals surface area contributed by atoms with Gasteiger partial charge in [0.1, 0.15) is 16.6 Å². The van der Waals surface area contributed by atoms with Gasteiger partial charge < -0.3 is 0 Å². The van der Waals surface area contributed by atoms with Crippen molar-refractivity contribution in [3.05, 3.63) is 45.4 Å². The molecule has 100 valence electrons. The highest BCUT2D eigenvalue weighted by Gasteiger charge is 2.11. The first-order chi connectivity index (χ1) is 9.58. The molecule has 0 unspecified atom stereocenters. The molecule has 2 aromatic rings. The third-order valence-corrected chi connectivity index (χ3v) is 3.30. The highest BCUT2D eigenvalue weighted by molar-refractivity contribution is 7.15. The van der Waals surface area contributed by atoms with E-state index in [-0.39, 0.29) is 5.57 Å². The molecule has 2 rings (SSSR count). The number of rotatable bonds is 3. The molecular weight excluding hydrogens is 296 g/mol. The van der Waals surface area contributed by atoms with E-state index in [2.05, 4.69) is 15.5 Å². The molecular formula is C13H9ClN4OS. The Bertz CT molecular complexity index is 700. The van der Waals surface area contributed by atoms with Crippen molar-refractivity contribution in [2.24, 2.45) is 0 Å². The van der Waals surface area contributed by atoms with Gasteiger partial charge in [-0.15, -0.1) is 10.2 Å². The van der Waals surface area contributed by atoms with Crippen molar-refractivity contribution in [1.29, 1.82) is 5.26 Å². The maximum absolute atomic E-state index is 11.9. The van der Waals surface area contributed by atoms with Crippen LogP contribution >= 0.6 is 22.9 Å². The predicted molar refractivity (Wildman–Crippen MR) is 78.3 cm³/mol. The topological polar surface area (TPSA) is 78.7 Å². The summed E-state index contributed by atoms with van der Waals surface area (Å²) in [6, 6.07) is 8.69. The Morgan fingerprint density at radius 3 is 2.65 bits per heavy atom. The monoisotopic (exact) mass is 304 g/mol. The Morgan fingerprint density at radius 1 is 1.40 bits per heavy atom. The highest BCUT2D eigenvalue weighted by Crippen LogP contribution is 2.16. The quantitative estimate of drug-likeness (QED) is 0.698. The molecule has 0 radical (unpaired) electrons. The van der Waals surface area contributed by atoms with Gasteiger partial charge in [0.05, 0.1) is 0 Å². The fourth-order valence-electron chi connectivity index (χ4n) is 1.39. The zero-order valence-corrected chi connectivity index (χ0v) is 12.0. The molecule has 0 bridgehead atoms. The maximum atomic E-state index is 11.9. The molecule has 0 atom stereocenters. The second kappa shape index (κ2) is 6.28. The van der Waals surface area contributed by atoms with Gasteiger partial charge in [0.15, 0.2) is 0 Å². The summed E-state index contributed by atoms with van der Waals surface area (Å²) in [5, 5.41) is 20.8. The number of nitrogens with zero attached hydrogens (tertiary/aromatic N) is 3. The van der Waals surface area contributed by atoms with Crippen molar-refractivity contribution in [2.75, 3.05) is 5.32 Å². The standard InChI is InChI=1S/C13H9ClN4OS/c1-8-17-18-13(20-8)16-12(19)10(7-15)6-9-2-4-11(14)5-3-9/h2-6H,1H3,(H,16,18,19)/b10-6+. The van der Waals surface area contributed by atoms with Crippen molar-refractivity contribution in [3.63, 3.8) is 0 Å². The van der Waals surface area contributed by atoms with Gasteiger partial charge in [-0.1, -0.05) is 35.1 Å². The number of benzene rings is 1. The predicted octanol–water partition coefficient (Wildman–Crippen LogP) is 3.05. The van der Waals surface area contributed by atoms with Crippen molar-refractivity contribution in [3.8, 4) is 6.07 Å². The van der Waals surface area contributed by atoms with Gasteiger partial charge in [-0.05, 0) is 30.7 Å². The Labute approximate surface area is 124 Å². The molecule has 0 saturated carbocycles. The molecule has 0 spiro atoms. The fourth-order valence-corrected chi connectivity index (χ4v) is 2.10. The number of halogens is 1. The van der Waals surface area contributed by atoms with Gasteiger partial charge in [0.25, 0.3) is 5.91 Å². The Balaban J connectivity index is 2.17. The van der Waals surface area contributed by atoms with Crippen molar-refractivity contribution in [2.45, 2.75) is 6.92 Å². The number of hydrogen-bond donors (Lipinski definition) is 1. The molecule has 0 fully saturated rings. The normalized spacial score (nSPS) is 10.9. The summed E-state index contributed by atoms with van der Waals surface area (Å²) >= 11 is 7.02. The van der Waals surface area contributed by atoms with E-state index in [1.165, 1.54) is 17.4 Å². The first-order valence-electron chi connectivity index (χ1n) is 5.57. The van der Waals surface area contributed by atoms with Crippen LogP contribution in [-0.2, 0) is 4.79 Å². The molecule has 0 aliphatic heterocycles. The summed E-state index contributed by atoms with van der Waals surface area (Å²) in [6.07, 6.45) is 1.49. The third kappa shape index (κ3) is 3.63. The molecule has 7 heteroatoms. The van der Waals surface area contributed by atoms with Crippen LogP contribution in [-0.4, -0.2) is 16.1 Å². The molecule has 0 saturated heterocycles. The Hall–Kier alpha value is -2.23. The van der Waals surface area contributed by atoms with Gasteiger partial charge in [0.2, 0.25) is 5.13 Å². The molecule has 1 aromatic heterocycles. The maximum Gasteiger partial charge on any atom is 0.268 e. The van der Waals surface area contributed by atoms with E-state index in [1.54, 1.807) is 31.2 Å². The van der Waals surface area contributed by atoms with Crippen LogP contribution < -0.4 is 5.32 Å². The molecule has 1 heterocycles. The third-order valence-electron chi connectivity index (χ3n) is 2.29. The zero-order chi connectivity index (χ0) is 14.5. The van der Waals surface area contributed by atoms with E-state index < -0.39 is 5.91 Å². The van der Waals surface area contributed by atoms with E-state index in [1.807, 2.05) is 6.07 Å². The lowest BCUT2D eigenvalue weighted by Gasteiger charge is -1.99. The van der Waals surface area contributed by atoms with Crippen LogP contribution in [0.4, 0.5) is 5.13 Å². The SMILES string of the molecule is Cc1nnc(NC(=O)/C(C#N)=C/c2ccc(Cl)cc2)s1. The summed E-state index contributed by atoms with van der Waals surface area (Å²) in [4.78, 5) is 11.9. The van der Waals surface area contributed by atoms with Gasteiger partial charge in [-0.25, -0.2) is 0 Å². The summed E-state index contributed by atoms with van der Waals surface area (Å²) in [6.45, 7) is 1.78. The van der Waals surface area contributed by atoms with E-state index >= 15 is 0 Å². The Morgan fingerprint density at radius 2 is 2.10 bits per heavy atom. The summed E-state index contributed by atoms with van der Waals surface area (Å²) in [5.41, 5.74) is 0.703. The molecule has 1 amide bonds. The number of amides is 1. The van der Waals surface area contributed by atoms with Gasteiger partial charge in [-0.2, -0.15) is 5.26 Å². The van der Waals surface area contributed by atoms with Crippen LogP contribution in [0.2, 0.25) is 5.02 Å². The number of anilines is 1. The minimum Gasteiger partial charge on any atom is -0.296 e. The second-order valence-electron chi connectivity index (χ2n) is 3.80. The minimum atomic E-state index is -0.515. The average molecular weight is 305 g/mol. The molecule has 5 nitrogen and oxygen atoms in total. The van der Waals surface area contributed by atoms with Gasteiger partial charge in [-0.3, -0.25) is 10.1 Å². The molecule has 1 N–H and O–H groups in total. The molecule has 20 heavy (non-hydrogen) atoms. The smallest absolute Gasteiger partial charge is 0.268 e. The van der Waals surface area contributed by atoms with Gasteiger partial charge in [0, 0.05) is 5.02 Å². The van der Waals surface area contributed by atoms with Crippen molar-refractivity contribution in [1.82, 2.24) is 10.2 Å². The summed E-state index contributed by atoms with van der Waals surface area (Å²) < 4.78 is 0. The largest absolute Gasteiger partial charge is 0.296 e. The van der Waals surface area contributed by atoms with E-state index in [0.29, 0.717) is 10.2 Å². The van der Waals surface area contributed by atoms with Crippen molar-refractivity contribution >= 4 is 40.1 Å². The lowest BCUT2D eigenvalue weighted by Crippen LogP contribution is -2.13. The minimum absolute atomic E-state index is 0.0137. The zero-order valence-electron chi connectivity index (χ0n) is 10.4. The lowest BCUT2D eigenvalue weighted by atomic mass is 10.1. The first kappa shape index (κ1) is 14.2. The average Bonchev–Trinajstić information content (AvgIpc) is 2.83. The van der Waals surface area contributed by atoms with E-state index in [9.17, 15) is 4.79 Å². The van der Waals surface area contributed by atoms with Crippen LogP contribution in [0.1, 0.15) is 10.6 Å². The number of carbonyl (C=O) groups excluding carboxylic acids is 1. The number of hydrogen-bond acceptors (Lipinski definition) is 5. The van der Waals surface area contributed by atoms with E-state index in [4.69, 9.17) is 16.9 Å². The molecule has 1 aromatic carbocycles. The lowest BCUT2D eigenvalue weighted by molar-refractivity contribution is -0.112. The van der Waals surface area contributed by atoms with E-state index in [0.717, 1.165) is 10.6 Å². The first-order valence-corrected chi connectivity index (χ1v) is 6.77. The number of nitrogens with one attached hydrogen (secondary N) is 1. The van der Waals surface area contributed by atoms with Crippen LogP contribution in [0.3, 0.4) is 0 Å². The number of aryl methyl sites for hydroxylation is 1. The van der Waals surface area contributed by atoms with Crippen LogP contribution in [0.15, 0.2) is 29.8 Å². The number of nitriles is 1. The highest BCUT2D eigenvalue weighted by atomic mass is 35.5. The number of aromatic nitrogens is 2. The summed E-state index contributed by atoms with van der Waals surface area (Å²) in [5.74, 6) is -0.515. The number of carbonyl (C=O) groups is 1. The van der Waals surface area contributed by atoms with Crippen LogP contribution in [0.25, 0.3) is 6.08 Å². The summed E-state index contributed by atoms with van der Waals surface area (Å²) in [7, 11) is 0. The second-order valence-corrected chi connectivity index (χ2v) is 5.42.